The number of ether oxygens (including phenoxy) is 1. The molecule has 0 bridgehead atoms. The van der Waals surface area contributed by atoms with Crippen molar-refractivity contribution in [2.24, 2.45) is 11.8 Å². The van der Waals surface area contributed by atoms with Crippen molar-refractivity contribution in [1.82, 2.24) is 15.2 Å². The average molecular weight is 482 g/mol. The van der Waals surface area contributed by atoms with Crippen LogP contribution in [0.1, 0.15) is 29.3 Å². The predicted octanol–water partition coefficient (Wildman–Crippen LogP) is 4.49. The predicted molar refractivity (Wildman–Crippen MR) is 141 cm³/mol. The minimum atomic E-state index is -0.284. The van der Waals surface area contributed by atoms with Gasteiger partial charge in [-0.1, -0.05) is 73.7 Å². The van der Waals surface area contributed by atoms with Crippen LogP contribution in [0.2, 0.25) is 0 Å². The van der Waals surface area contributed by atoms with Gasteiger partial charge in [0.1, 0.15) is 0 Å². The fourth-order valence-corrected chi connectivity index (χ4v) is 5.38. The van der Waals surface area contributed by atoms with Gasteiger partial charge in [0.2, 0.25) is 5.91 Å². The maximum Gasteiger partial charge on any atom is 0.253 e. The summed E-state index contributed by atoms with van der Waals surface area (Å²) in [6.45, 7) is 2.96. The number of para-hydroxylation sites is 1. The van der Waals surface area contributed by atoms with Crippen molar-refractivity contribution >= 4 is 28.3 Å². The van der Waals surface area contributed by atoms with Crippen molar-refractivity contribution in [3.05, 3.63) is 96.2 Å². The minimum absolute atomic E-state index is 0.0614. The molecule has 1 aromatic heterocycles. The molecule has 0 radical (unpaired) electrons. The smallest absolute Gasteiger partial charge is 0.253 e. The largest absolute Gasteiger partial charge is 0.380 e. The van der Waals surface area contributed by atoms with Gasteiger partial charge in [-0.2, -0.15) is 0 Å². The van der Waals surface area contributed by atoms with Crippen molar-refractivity contribution in [2.45, 2.75) is 25.5 Å². The fourth-order valence-electron chi connectivity index (χ4n) is 5.38. The van der Waals surface area contributed by atoms with Gasteiger partial charge in [-0.15, -0.1) is 0 Å². The molecule has 1 aliphatic carbocycles. The molecule has 4 atom stereocenters. The number of carbonyl (C=O) groups excluding carboxylic acids is 2. The van der Waals surface area contributed by atoms with Crippen LogP contribution in [0.3, 0.4) is 0 Å². The molecule has 2 aliphatic rings. The van der Waals surface area contributed by atoms with Crippen LogP contribution in [-0.4, -0.2) is 54.0 Å². The Hall–Kier alpha value is -3.77. The number of aromatic nitrogens is 1. The number of hydrogen-bond acceptors (Lipinski definition) is 4. The van der Waals surface area contributed by atoms with E-state index >= 15 is 0 Å². The third-order valence-corrected chi connectivity index (χ3v) is 7.29. The molecule has 1 saturated heterocycles. The van der Waals surface area contributed by atoms with Gasteiger partial charge in [0.15, 0.2) is 0 Å². The summed E-state index contributed by atoms with van der Waals surface area (Å²) in [5.41, 5.74) is 3.30. The number of benzene rings is 2. The van der Waals surface area contributed by atoms with E-state index in [0.717, 1.165) is 16.5 Å². The molecule has 184 valence electrons. The maximum atomic E-state index is 14.0. The van der Waals surface area contributed by atoms with Gasteiger partial charge >= 0.3 is 0 Å². The van der Waals surface area contributed by atoms with Crippen LogP contribution in [0, 0.1) is 11.8 Å². The van der Waals surface area contributed by atoms with Crippen LogP contribution in [-0.2, 0) is 9.53 Å². The van der Waals surface area contributed by atoms with Gasteiger partial charge in [-0.3, -0.25) is 14.6 Å². The standard InChI is InChI=1S/C30H31N3O3/c1-20-9-6-14-25(21-10-4-3-5-11-21)27(20)30(35)33-19-24(36-2)17-23(33)18-32-29(34)26-15-7-12-22-13-8-16-31-28(22)26/h3-16,20,23-24,27H,17-19H2,1-2H3,(H,32,34). The van der Waals surface area contributed by atoms with Crippen molar-refractivity contribution in [3.63, 3.8) is 0 Å². The molecule has 2 heterocycles. The number of fused-ring (bicyclic) bond motifs is 1. The molecule has 3 aromatic rings. The third kappa shape index (κ3) is 4.69. The second kappa shape index (κ2) is 10.5. The lowest BCUT2D eigenvalue weighted by Gasteiger charge is -2.33. The molecule has 5 rings (SSSR count). The molecule has 1 fully saturated rings. The number of nitrogens with zero attached hydrogens (tertiary/aromatic N) is 2. The molecular formula is C30H31N3O3. The molecule has 6 heteroatoms. The van der Waals surface area contributed by atoms with E-state index in [9.17, 15) is 9.59 Å². The summed E-state index contributed by atoms with van der Waals surface area (Å²) in [6, 6.07) is 19.3. The van der Waals surface area contributed by atoms with Crippen LogP contribution in [0.25, 0.3) is 16.5 Å². The number of carbonyl (C=O) groups is 2. The molecular weight excluding hydrogens is 450 g/mol. The second-order valence-corrected chi connectivity index (χ2v) is 9.54. The van der Waals surface area contributed by atoms with Gasteiger partial charge in [0, 0.05) is 31.8 Å². The third-order valence-electron chi connectivity index (χ3n) is 7.29. The van der Waals surface area contributed by atoms with Gasteiger partial charge in [0.25, 0.3) is 5.91 Å². The Bertz CT molecular complexity index is 1310. The van der Waals surface area contributed by atoms with Gasteiger partial charge in [0.05, 0.1) is 29.1 Å². The van der Waals surface area contributed by atoms with E-state index in [4.69, 9.17) is 4.74 Å². The Labute approximate surface area is 211 Å². The number of hydrogen-bond donors (Lipinski definition) is 1. The summed E-state index contributed by atoms with van der Waals surface area (Å²) in [5, 5.41) is 3.98. The Morgan fingerprint density at radius 2 is 1.89 bits per heavy atom. The Kier molecular flexibility index (Phi) is 6.96. The zero-order valence-corrected chi connectivity index (χ0v) is 20.6. The number of pyridine rings is 1. The van der Waals surface area contributed by atoms with Crippen molar-refractivity contribution in [1.29, 1.82) is 0 Å². The van der Waals surface area contributed by atoms with E-state index in [-0.39, 0.29) is 35.8 Å². The lowest BCUT2D eigenvalue weighted by Crippen LogP contribution is -2.47. The summed E-state index contributed by atoms with van der Waals surface area (Å²) < 4.78 is 5.65. The molecule has 1 aliphatic heterocycles. The van der Waals surface area contributed by atoms with E-state index in [1.807, 2.05) is 59.5 Å². The van der Waals surface area contributed by atoms with Crippen molar-refractivity contribution in [3.8, 4) is 0 Å². The molecule has 6 nitrogen and oxygen atoms in total. The monoisotopic (exact) mass is 481 g/mol. The van der Waals surface area contributed by atoms with E-state index in [2.05, 4.69) is 35.4 Å². The van der Waals surface area contributed by atoms with Crippen molar-refractivity contribution < 1.29 is 14.3 Å². The summed E-state index contributed by atoms with van der Waals surface area (Å²) >= 11 is 0. The molecule has 1 N–H and O–H groups in total. The normalized spacial score (nSPS) is 23.5. The molecule has 2 aromatic carbocycles. The molecule has 0 spiro atoms. The van der Waals surface area contributed by atoms with Crippen LogP contribution >= 0.6 is 0 Å². The first-order valence-electron chi connectivity index (χ1n) is 12.5. The zero-order valence-electron chi connectivity index (χ0n) is 20.6. The van der Waals surface area contributed by atoms with E-state index in [1.54, 1.807) is 19.4 Å². The molecule has 4 unspecified atom stereocenters. The van der Waals surface area contributed by atoms with Crippen LogP contribution in [0.15, 0.2) is 85.1 Å². The number of allylic oxidation sites excluding steroid dienone is 3. The van der Waals surface area contributed by atoms with Gasteiger partial charge in [-0.25, -0.2) is 0 Å². The number of amides is 2. The Balaban J connectivity index is 1.36. The highest BCUT2D eigenvalue weighted by Crippen LogP contribution is 2.36. The summed E-state index contributed by atoms with van der Waals surface area (Å²) in [5.74, 6) is -0.330. The lowest BCUT2D eigenvalue weighted by molar-refractivity contribution is -0.135. The number of rotatable bonds is 6. The minimum Gasteiger partial charge on any atom is -0.380 e. The number of likely N-dealkylation sites (tertiary alicyclic amines) is 1. The van der Waals surface area contributed by atoms with Crippen LogP contribution < -0.4 is 5.32 Å². The Morgan fingerprint density at radius 3 is 2.69 bits per heavy atom. The van der Waals surface area contributed by atoms with E-state index < -0.39 is 0 Å². The topological polar surface area (TPSA) is 71.5 Å². The first-order valence-corrected chi connectivity index (χ1v) is 12.5. The summed E-state index contributed by atoms with van der Waals surface area (Å²) in [6.07, 6.45) is 8.48. The SMILES string of the molecule is COC1CC(CNC(=O)c2cccc3cccnc23)N(C(=O)C2C(c3ccccc3)=CC=CC2C)C1. The Morgan fingerprint density at radius 1 is 1.08 bits per heavy atom. The van der Waals surface area contributed by atoms with Crippen LogP contribution in [0.5, 0.6) is 0 Å². The van der Waals surface area contributed by atoms with Crippen molar-refractivity contribution in [2.75, 3.05) is 20.2 Å². The van der Waals surface area contributed by atoms with Gasteiger partial charge in [-0.05, 0) is 35.6 Å². The van der Waals surface area contributed by atoms with E-state index in [1.165, 1.54) is 0 Å². The molecule has 2 amide bonds. The molecule has 36 heavy (non-hydrogen) atoms. The zero-order chi connectivity index (χ0) is 25.1. The maximum absolute atomic E-state index is 14.0. The van der Waals surface area contributed by atoms with Gasteiger partial charge < -0.3 is 15.0 Å². The summed E-state index contributed by atoms with van der Waals surface area (Å²) in [7, 11) is 1.68. The highest BCUT2D eigenvalue weighted by molar-refractivity contribution is 6.05. The second-order valence-electron chi connectivity index (χ2n) is 9.54. The fraction of sp³-hybridized carbons (Fsp3) is 0.300. The summed E-state index contributed by atoms with van der Waals surface area (Å²) in [4.78, 5) is 33.5. The first-order chi connectivity index (χ1) is 17.6. The van der Waals surface area contributed by atoms with E-state index in [0.29, 0.717) is 30.6 Å². The molecule has 0 saturated carbocycles. The lowest BCUT2D eigenvalue weighted by atomic mass is 9.79. The highest BCUT2D eigenvalue weighted by Gasteiger charge is 2.41. The number of nitrogens with one attached hydrogen (secondary N) is 1. The van der Waals surface area contributed by atoms with Crippen LogP contribution in [0.4, 0.5) is 0 Å². The quantitative estimate of drug-likeness (QED) is 0.563. The highest BCUT2D eigenvalue weighted by atomic mass is 16.5. The first kappa shape index (κ1) is 23.9. The average Bonchev–Trinajstić information content (AvgIpc) is 3.35. The number of methoxy groups -OCH3 is 1.